The van der Waals surface area contributed by atoms with Gasteiger partial charge < -0.3 is 14.4 Å². The van der Waals surface area contributed by atoms with Crippen molar-refractivity contribution >= 4 is 34.5 Å². The Bertz CT molecular complexity index is 1270. The number of rotatable bonds is 7. The SMILES string of the molecule is COc1cccc2c1nc(C(F)F)n2-c1nc([C@H]2CCCCN2NC(=O)CCl)nc(N2CCOCC2)n1. The van der Waals surface area contributed by atoms with Gasteiger partial charge in [0.25, 0.3) is 6.43 Å². The van der Waals surface area contributed by atoms with Gasteiger partial charge in [0.2, 0.25) is 17.8 Å². The quantitative estimate of drug-likeness (QED) is 0.456. The van der Waals surface area contributed by atoms with Crippen LogP contribution in [0.25, 0.3) is 17.0 Å². The Balaban J connectivity index is 1.68. The number of halogens is 3. The topological polar surface area (TPSA) is 111 Å². The third-order valence-corrected chi connectivity index (χ3v) is 6.65. The van der Waals surface area contributed by atoms with E-state index in [0.717, 1.165) is 12.8 Å². The van der Waals surface area contributed by atoms with Crippen LogP contribution in [0.1, 0.15) is 43.4 Å². The van der Waals surface area contributed by atoms with Gasteiger partial charge in [0.15, 0.2) is 11.6 Å². The van der Waals surface area contributed by atoms with E-state index in [4.69, 9.17) is 26.1 Å². The van der Waals surface area contributed by atoms with Crippen LogP contribution < -0.4 is 15.1 Å². The average molecular weight is 537 g/mol. The third-order valence-electron chi connectivity index (χ3n) is 6.40. The smallest absolute Gasteiger partial charge is 0.296 e. The molecule has 198 valence electrons. The van der Waals surface area contributed by atoms with Gasteiger partial charge in [0.1, 0.15) is 17.1 Å². The number of hydrazine groups is 1. The van der Waals surface area contributed by atoms with Crippen molar-refractivity contribution in [3.05, 3.63) is 29.8 Å². The highest BCUT2D eigenvalue weighted by molar-refractivity contribution is 6.27. The Kier molecular flexibility index (Phi) is 7.63. The molecule has 2 fully saturated rings. The second kappa shape index (κ2) is 11.1. The number of hydrogen-bond donors (Lipinski definition) is 1. The molecule has 5 rings (SSSR count). The normalized spacial score (nSPS) is 18.9. The summed E-state index contributed by atoms with van der Waals surface area (Å²) in [6.07, 6.45) is -0.471. The molecule has 37 heavy (non-hydrogen) atoms. The summed E-state index contributed by atoms with van der Waals surface area (Å²) >= 11 is 5.72. The van der Waals surface area contributed by atoms with Crippen molar-refractivity contribution in [2.24, 2.45) is 0 Å². The minimum atomic E-state index is -2.89. The van der Waals surface area contributed by atoms with Gasteiger partial charge >= 0.3 is 0 Å². The Hall–Kier alpha value is -3.16. The zero-order valence-corrected chi connectivity index (χ0v) is 21.0. The van der Waals surface area contributed by atoms with E-state index < -0.39 is 12.2 Å². The van der Waals surface area contributed by atoms with Crippen molar-refractivity contribution in [3.8, 4) is 11.7 Å². The predicted molar refractivity (Wildman–Crippen MR) is 131 cm³/mol. The maximum absolute atomic E-state index is 14.3. The summed E-state index contributed by atoms with van der Waals surface area (Å²) in [6.45, 7) is 2.64. The largest absolute Gasteiger partial charge is 0.494 e. The molecule has 2 aliphatic rings. The number of methoxy groups -OCH3 is 1. The highest BCUT2D eigenvalue weighted by Gasteiger charge is 2.31. The number of anilines is 1. The Morgan fingerprint density at radius 1 is 1.16 bits per heavy atom. The van der Waals surface area contributed by atoms with Crippen LogP contribution in [0.3, 0.4) is 0 Å². The first-order valence-corrected chi connectivity index (χ1v) is 12.6. The number of benzene rings is 1. The number of imidazole rings is 1. The van der Waals surface area contributed by atoms with Gasteiger partial charge in [-0.1, -0.05) is 12.5 Å². The molecule has 0 spiro atoms. The molecule has 4 heterocycles. The molecular formula is C23H27ClF2N8O3. The molecule has 0 saturated carbocycles. The van der Waals surface area contributed by atoms with E-state index in [0.29, 0.717) is 62.3 Å². The average Bonchev–Trinajstić information content (AvgIpc) is 3.34. The fourth-order valence-electron chi connectivity index (χ4n) is 4.66. The number of morpholine rings is 1. The van der Waals surface area contributed by atoms with E-state index in [1.54, 1.807) is 23.2 Å². The van der Waals surface area contributed by atoms with Gasteiger partial charge in [0.05, 0.1) is 31.9 Å². The third kappa shape index (κ3) is 5.15. The van der Waals surface area contributed by atoms with Crippen molar-refractivity contribution in [1.29, 1.82) is 0 Å². The number of ether oxygens (including phenoxy) is 2. The molecule has 0 aliphatic carbocycles. The summed E-state index contributed by atoms with van der Waals surface area (Å²) in [6, 6.07) is 4.64. The molecular weight excluding hydrogens is 510 g/mol. The minimum absolute atomic E-state index is 0.0201. The number of carbonyl (C=O) groups is 1. The van der Waals surface area contributed by atoms with E-state index >= 15 is 0 Å². The molecule has 1 N–H and O–H groups in total. The second-order valence-corrected chi connectivity index (χ2v) is 8.97. The van der Waals surface area contributed by atoms with Gasteiger partial charge in [0, 0.05) is 19.6 Å². The van der Waals surface area contributed by atoms with Crippen molar-refractivity contribution in [3.63, 3.8) is 0 Å². The van der Waals surface area contributed by atoms with Crippen molar-refractivity contribution in [1.82, 2.24) is 34.9 Å². The first-order valence-electron chi connectivity index (χ1n) is 12.0. The summed E-state index contributed by atoms with van der Waals surface area (Å²) in [5.41, 5.74) is 3.48. The number of fused-ring (bicyclic) bond motifs is 1. The molecule has 1 atom stereocenters. The van der Waals surface area contributed by atoms with Gasteiger partial charge in [-0.05, 0) is 25.0 Å². The van der Waals surface area contributed by atoms with Crippen LogP contribution in [0.15, 0.2) is 18.2 Å². The monoisotopic (exact) mass is 536 g/mol. The van der Waals surface area contributed by atoms with E-state index in [1.165, 1.54) is 11.7 Å². The standard InChI is InChI=1S/C23H27ClF2N8O3/c1-36-16-7-4-6-14-18(16)27-21(19(25)26)34(14)23-29-20(28-22(30-23)32-9-11-37-12-10-32)15-5-2-3-8-33(15)31-17(35)13-24/h4,6-7,15,19H,2-3,5,8-13H2,1H3,(H,31,35)/t15-/m1/s1. The maximum Gasteiger partial charge on any atom is 0.296 e. The van der Waals surface area contributed by atoms with Crippen molar-refractivity contribution in [2.75, 3.05) is 50.7 Å². The van der Waals surface area contributed by atoms with Crippen LogP contribution in [0.5, 0.6) is 5.75 Å². The molecule has 1 aromatic carbocycles. The second-order valence-electron chi connectivity index (χ2n) is 8.70. The Labute approximate surface area is 216 Å². The predicted octanol–water partition coefficient (Wildman–Crippen LogP) is 2.79. The molecule has 2 aromatic heterocycles. The number of aromatic nitrogens is 5. The highest BCUT2D eigenvalue weighted by atomic mass is 35.5. The molecule has 2 aliphatic heterocycles. The lowest BCUT2D eigenvalue weighted by Crippen LogP contribution is -2.48. The van der Waals surface area contributed by atoms with Gasteiger partial charge in [-0.15, -0.1) is 11.6 Å². The fourth-order valence-corrected chi connectivity index (χ4v) is 4.72. The zero-order chi connectivity index (χ0) is 25.9. The number of hydrogen-bond acceptors (Lipinski definition) is 9. The molecule has 0 radical (unpaired) electrons. The minimum Gasteiger partial charge on any atom is -0.494 e. The van der Waals surface area contributed by atoms with Gasteiger partial charge in [-0.2, -0.15) is 15.0 Å². The number of para-hydroxylation sites is 1. The van der Waals surface area contributed by atoms with Crippen LogP contribution in [-0.4, -0.2) is 81.3 Å². The lowest BCUT2D eigenvalue weighted by Gasteiger charge is -2.35. The fraction of sp³-hybridized carbons (Fsp3) is 0.522. The van der Waals surface area contributed by atoms with Crippen LogP contribution >= 0.6 is 11.6 Å². The van der Waals surface area contributed by atoms with E-state index in [9.17, 15) is 13.6 Å². The van der Waals surface area contributed by atoms with Crippen LogP contribution in [0.4, 0.5) is 14.7 Å². The van der Waals surface area contributed by atoms with Crippen LogP contribution in [-0.2, 0) is 9.53 Å². The maximum atomic E-state index is 14.3. The van der Waals surface area contributed by atoms with E-state index in [1.807, 2.05) is 4.90 Å². The van der Waals surface area contributed by atoms with Crippen molar-refractivity contribution in [2.45, 2.75) is 31.7 Å². The summed E-state index contributed by atoms with van der Waals surface area (Å²) in [5, 5.41) is 1.76. The number of carbonyl (C=O) groups excluding carboxylic acids is 1. The van der Waals surface area contributed by atoms with E-state index in [-0.39, 0.29) is 29.3 Å². The molecule has 3 aromatic rings. The summed E-state index contributed by atoms with van der Waals surface area (Å²) in [4.78, 5) is 32.2. The van der Waals surface area contributed by atoms with Crippen molar-refractivity contribution < 1.29 is 23.0 Å². The molecule has 0 bridgehead atoms. The number of nitrogens with zero attached hydrogens (tertiary/aromatic N) is 7. The molecule has 11 nitrogen and oxygen atoms in total. The number of alkyl halides is 3. The van der Waals surface area contributed by atoms with Gasteiger partial charge in [-0.25, -0.2) is 18.8 Å². The number of nitrogens with one attached hydrogen (secondary N) is 1. The first kappa shape index (κ1) is 25.5. The van der Waals surface area contributed by atoms with Gasteiger partial charge in [-0.3, -0.25) is 14.8 Å². The number of amides is 1. The van der Waals surface area contributed by atoms with Crippen LogP contribution in [0.2, 0.25) is 0 Å². The lowest BCUT2D eigenvalue weighted by molar-refractivity contribution is -0.125. The lowest BCUT2D eigenvalue weighted by atomic mass is 10.0. The Morgan fingerprint density at radius 2 is 1.95 bits per heavy atom. The molecule has 0 unspecified atom stereocenters. The van der Waals surface area contributed by atoms with E-state index in [2.05, 4.69) is 20.4 Å². The van der Waals surface area contributed by atoms with Crippen LogP contribution in [0, 0.1) is 0 Å². The summed E-state index contributed by atoms with van der Waals surface area (Å²) < 4.78 is 40.6. The highest BCUT2D eigenvalue weighted by Crippen LogP contribution is 2.33. The summed E-state index contributed by atoms with van der Waals surface area (Å²) in [5.74, 6) is 0.0680. The number of piperidine rings is 1. The molecule has 2 saturated heterocycles. The first-order chi connectivity index (χ1) is 18.0. The molecule has 1 amide bonds. The zero-order valence-electron chi connectivity index (χ0n) is 20.2. The molecule has 14 heteroatoms. The summed E-state index contributed by atoms with van der Waals surface area (Å²) in [7, 11) is 1.46. The Morgan fingerprint density at radius 3 is 2.68 bits per heavy atom.